The van der Waals surface area contributed by atoms with Crippen LogP contribution in [0, 0.1) is 28.6 Å². The fraction of sp³-hybridized carbons (Fsp3) is 0.690. The van der Waals surface area contributed by atoms with Gasteiger partial charge in [0.05, 0.1) is 26.7 Å². The molecule has 1 spiro atoms. The zero-order valence-corrected chi connectivity index (χ0v) is 21.4. The highest BCUT2D eigenvalue weighted by atomic mass is 16.5. The molecule has 4 heteroatoms. The van der Waals surface area contributed by atoms with Crippen LogP contribution in [0.5, 0.6) is 11.5 Å². The maximum absolute atomic E-state index is 13.1. The summed E-state index contributed by atoms with van der Waals surface area (Å²) in [6, 6.07) is 4.19. The van der Waals surface area contributed by atoms with E-state index in [9.17, 15) is 4.79 Å². The van der Waals surface area contributed by atoms with E-state index in [1.54, 1.807) is 26.9 Å². The van der Waals surface area contributed by atoms with Gasteiger partial charge in [-0.3, -0.25) is 4.79 Å². The molecule has 2 bridgehead atoms. The van der Waals surface area contributed by atoms with Crippen molar-refractivity contribution in [3.8, 4) is 11.5 Å². The Bertz CT molecular complexity index is 1010. The van der Waals surface area contributed by atoms with E-state index in [0.717, 1.165) is 43.6 Å². The lowest BCUT2D eigenvalue weighted by Gasteiger charge is -2.66. The van der Waals surface area contributed by atoms with Crippen LogP contribution in [0.1, 0.15) is 83.3 Å². The third kappa shape index (κ3) is 2.79. The summed E-state index contributed by atoms with van der Waals surface area (Å²) in [7, 11) is 5.14. The van der Waals surface area contributed by atoms with E-state index in [1.807, 2.05) is 0 Å². The summed E-state index contributed by atoms with van der Waals surface area (Å²) in [5, 5.41) is 0. The minimum absolute atomic E-state index is 0.0200. The number of carbonyl (C=O) groups is 1. The first-order valence-corrected chi connectivity index (χ1v) is 12.7. The molecule has 2 saturated carbocycles. The third-order valence-electron chi connectivity index (χ3n) is 10.3. The molecular weight excluding hydrogens is 412 g/mol. The molecule has 0 N–H and O–H groups in total. The topological polar surface area (TPSA) is 44.8 Å². The first-order chi connectivity index (χ1) is 15.7. The first-order valence-electron chi connectivity index (χ1n) is 12.7. The second-order valence-corrected chi connectivity index (χ2v) is 11.8. The van der Waals surface area contributed by atoms with Crippen LogP contribution in [-0.2, 0) is 14.9 Å². The summed E-state index contributed by atoms with van der Waals surface area (Å²) in [5.41, 5.74) is 3.89. The number of benzene rings is 1. The predicted molar refractivity (Wildman–Crippen MR) is 130 cm³/mol. The Labute approximate surface area is 199 Å². The highest BCUT2D eigenvalue weighted by Crippen LogP contribution is 2.73. The number of allylic oxidation sites excluding steroid dienone is 2. The Balaban J connectivity index is 1.73. The minimum Gasteiger partial charge on any atom is -0.496 e. The summed E-state index contributed by atoms with van der Waals surface area (Å²) in [6.07, 6.45) is 9.05. The molecule has 1 aromatic carbocycles. The van der Waals surface area contributed by atoms with Crippen LogP contribution >= 0.6 is 0 Å². The number of fused-ring (bicyclic) bond motifs is 1. The number of carbonyl (C=O) groups excluding carboxylic acids is 1. The first kappa shape index (κ1) is 22.8. The number of hydrogen-bond donors (Lipinski definition) is 0. The molecule has 0 unspecified atom stereocenters. The second-order valence-electron chi connectivity index (χ2n) is 11.8. The van der Waals surface area contributed by atoms with Gasteiger partial charge < -0.3 is 14.2 Å². The molecule has 6 rings (SSSR count). The van der Waals surface area contributed by atoms with E-state index >= 15 is 0 Å². The van der Waals surface area contributed by atoms with E-state index < -0.39 is 5.41 Å². The van der Waals surface area contributed by atoms with Crippen molar-refractivity contribution >= 4 is 5.97 Å². The Morgan fingerprint density at radius 1 is 1.00 bits per heavy atom. The molecule has 0 amide bonds. The normalized spacial score (nSPS) is 38.7. The van der Waals surface area contributed by atoms with Gasteiger partial charge in [-0.25, -0.2) is 0 Å². The van der Waals surface area contributed by atoms with Crippen molar-refractivity contribution in [3.63, 3.8) is 0 Å². The standard InChI is InChI=1S/C29H40O4/c1-17(2)19-16-29-14-11-22-27(3,12-8-13-28(22,4)26(30)33-7)23(29)15-18(19)24-20(31-5)9-10-21(32-6)25(24)29/h9-10,16-18,22-23H,8,11-15H2,1-7H3/t18-,22+,23-,27-,28-,29+/m0/s1. The van der Waals surface area contributed by atoms with Crippen molar-refractivity contribution in [1.82, 2.24) is 0 Å². The maximum Gasteiger partial charge on any atom is 0.311 e. The summed E-state index contributed by atoms with van der Waals surface area (Å²) < 4.78 is 17.3. The van der Waals surface area contributed by atoms with Crippen molar-refractivity contribution in [2.45, 2.75) is 77.6 Å². The smallest absolute Gasteiger partial charge is 0.311 e. The molecule has 0 saturated heterocycles. The maximum atomic E-state index is 13.1. The van der Waals surface area contributed by atoms with Crippen molar-refractivity contribution in [2.75, 3.05) is 21.3 Å². The van der Waals surface area contributed by atoms with E-state index in [4.69, 9.17) is 14.2 Å². The average molecular weight is 453 g/mol. The predicted octanol–water partition coefficient (Wildman–Crippen LogP) is 6.42. The molecule has 5 aliphatic carbocycles. The number of esters is 1. The van der Waals surface area contributed by atoms with Gasteiger partial charge in [0, 0.05) is 22.5 Å². The lowest BCUT2D eigenvalue weighted by Crippen LogP contribution is -2.62. The van der Waals surface area contributed by atoms with Gasteiger partial charge in [-0.15, -0.1) is 0 Å². The van der Waals surface area contributed by atoms with E-state index in [1.165, 1.54) is 17.5 Å². The Hall–Kier alpha value is -1.97. The quantitative estimate of drug-likeness (QED) is 0.390. The van der Waals surface area contributed by atoms with E-state index in [-0.39, 0.29) is 16.8 Å². The molecule has 5 aliphatic rings. The van der Waals surface area contributed by atoms with Gasteiger partial charge in [-0.2, -0.15) is 0 Å². The van der Waals surface area contributed by atoms with E-state index in [2.05, 4.69) is 45.9 Å². The third-order valence-corrected chi connectivity index (χ3v) is 10.3. The van der Waals surface area contributed by atoms with Crippen LogP contribution < -0.4 is 9.47 Å². The molecule has 6 atom stereocenters. The Morgan fingerprint density at radius 3 is 2.33 bits per heavy atom. The summed E-state index contributed by atoms with van der Waals surface area (Å²) in [6.45, 7) is 9.31. The van der Waals surface area contributed by atoms with Crippen LogP contribution in [-0.4, -0.2) is 27.3 Å². The molecule has 0 heterocycles. The number of rotatable bonds is 4. The second kappa shape index (κ2) is 7.52. The molecule has 4 nitrogen and oxygen atoms in total. The Kier molecular flexibility index (Phi) is 5.19. The number of methoxy groups -OCH3 is 3. The van der Waals surface area contributed by atoms with Crippen molar-refractivity contribution in [1.29, 1.82) is 0 Å². The van der Waals surface area contributed by atoms with Crippen molar-refractivity contribution in [2.24, 2.45) is 28.6 Å². The van der Waals surface area contributed by atoms with Gasteiger partial charge in [0.1, 0.15) is 11.5 Å². The van der Waals surface area contributed by atoms with Crippen LogP contribution in [0.2, 0.25) is 0 Å². The molecular formula is C29H40O4. The summed E-state index contributed by atoms with van der Waals surface area (Å²) in [4.78, 5) is 13.1. The van der Waals surface area contributed by atoms with E-state index in [0.29, 0.717) is 23.7 Å². The van der Waals surface area contributed by atoms with Crippen LogP contribution in [0.15, 0.2) is 23.8 Å². The molecule has 0 aromatic heterocycles. The van der Waals surface area contributed by atoms with Gasteiger partial charge in [0.15, 0.2) is 0 Å². The van der Waals surface area contributed by atoms with Gasteiger partial charge in [0.2, 0.25) is 0 Å². The average Bonchev–Trinajstić information content (AvgIpc) is 2.82. The van der Waals surface area contributed by atoms with Crippen molar-refractivity contribution in [3.05, 3.63) is 34.9 Å². The molecule has 1 aromatic rings. The lowest BCUT2D eigenvalue weighted by atomic mass is 9.37. The lowest BCUT2D eigenvalue weighted by molar-refractivity contribution is -0.175. The monoisotopic (exact) mass is 452 g/mol. The molecule has 0 radical (unpaired) electrons. The van der Waals surface area contributed by atoms with Crippen LogP contribution in [0.25, 0.3) is 0 Å². The molecule has 0 aliphatic heterocycles. The van der Waals surface area contributed by atoms with Gasteiger partial charge in [-0.1, -0.05) is 38.8 Å². The zero-order valence-electron chi connectivity index (χ0n) is 21.4. The highest BCUT2D eigenvalue weighted by molar-refractivity contribution is 5.77. The number of ether oxygens (including phenoxy) is 3. The summed E-state index contributed by atoms with van der Waals surface area (Å²) >= 11 is 0. The SMILES string of the molecule is COC(=O)[C@@]1(C)CCC[C@@]2(C)[C@H]1CC[C@@]13C=C(C(C)C)[C@H](C[C@@H]21)c1c(OC)ccc(OC)c13. The Morgan fingerprint density at radius 2 is 1.70 bits per heavy atom. The van der Waals surface area contributed by atoms with Gasteiger partial charge >= 0.3 is 5.97 Å². The van der Waals surface area contributed by atoms with Crippen LogP contribution in [0.3, 0.4) is 0 Å². The molecule has 33 heavy (non-hydrogen) atoms. The minimum atomic E-state index is -0.397. The van der Waals surface area contributed by atoms with Crippen molar-refractivity contribution < 1.29 is 19.0 Å². The fourth-order valence-corrected chi connectivity index (χ4v) is 9.00. The van der Waals surface area contributed by atoms with Gasteiger partial charge in [-0.05, 0) is 74.3 Å². The number of hydrogen-bond acceptors (Lipinski definition) is 4. The van der Waals surface area contributed by atoms with Gasteiger partial charge in [0.25, 0.3) is 0 Å². The highest BCUT2D eigenvalue weighted by Gasteiger charge is 2.66. The largest absolute Gasteiger partial charge is 0.496 e. The fourth-order valence-electron chi connectivity index (χ4n) is 9.00. The van der Waals surface area contributed by atoms with Crippen LogP contribution in [0.4, 0.5) is 0 Å². The molecule has 180 valence electrons. The zero-order chi connectivity index (χ0) is 23.8. The summed E-state index contributed by atoms with van der Waals surface area (Å²) in [5.74, 6) is 3.64. The molecule has 2 fully saturated rings.